The first-order chi connectivity index (χ1) is 10.0. The molecule has 7 heteroatoms. The summed E-state index contributed by atoms with van der Waals surface area (Å²) in [5.41, 5.74) is 0. The monoisotopic (exact) mass is 331 g/mol. The molecule has 1 unspecified atom stereocenters. The van der Waals surface area contributed by atoms with E-state index in [9.17, 15) is 8.42 Å². The summed E-state index contributed by atoms with van der Waals surface area (Å²) < 4.78 is 27.9. The fourth-order valence-electron chi connectivity index (χ4n) is 2.61. The maximum Gasteiger partial charge on any atom is 0.278 e. The minimum atomic E-state index is -3.37. The van der Waals surface area contributed by atoms with Gasteiger partial charge in [-0.15, -0.1) is 11.3 Å². The first-order valence-electron chi connectivity index (χ1n) is 7.45. The maximum absolute atomic E-state index is 12.0. The average molecular weight is 332 g/mol. The number of thiophene rings is 1. The van der Waals surface area contributed by atoms with E-state index in [-0.39, 0.29) is 6.04 Å². The molecule has 0 radical (unpaired) electrons. The highest BCUT2D eigenvalue weighted by Gasteiger charge is 2.24. The second kappa shape index (κ2) is 7.69. The van der Waals surface area contributed by atoms with Crippen molar-refractivity contribution in [1.82, 2.24) is 13.9 Å². The summed E-state index contributed by atoms with van der Waals surface area (Å²) in [6.07, 6.45) is 4.94. The van der Waals surface area contributed by atoms with E-state index in [4.69, 9.17) is 0 Å². The zero-order valence-electron chi connectivity index (χ0n) is 12.8. The van der Waals surface area contributed by atoms with E-state index in [1.807, 2.05) is 6.07 Å². The van der Waals surface area contributed by atoms with Crippen molar-refractivity contribution >= 4 is 21.5 Å². The molecule has 0 bridgehead atoms. The molecule has 0 spiro atoms. The van der Waals surface area contributed by atoms with E-state index in [0.29, 0.717) is 6.54 Å². The highest BCUT2D eigenvalue weighted by atomic mass is 32.2. The van der Waals surface area contributed by atoms with Crippen molar-refractivity contribution in [3.8, 4) is 0 Å². The average Bonchev–Trinajstić information content (AvgIpc) is 2.82. The zero-order chi connectivity index (χ0) is 15.3. The van der Waals surface area contributed by atoms with Gasteiger partial charge in [0, 0.05) is 25.5 Å². The molecular formula is C14H25N3O2S2. The third kappa shape index (κ3) is 4.75. The highest BCUT2D eigenvalue weighted by Crippen LogP contribution is 2.27. The minimum Gasteiger partial charge on any atom is -0.294 e. The summed E-state index contributed by atoms with van der Waals surface area (Å²) >= 11 is 1.70. The van der Waals surface area contributed by atoms with Gasteiger partial charge in [0.1, 0.15) is 0 Å². The molecule has 120 valence electrons. The molecule has 21 heavy (non-hydrogen) atoms. The molecular weight excluding hydrogens is 306 g/mol. The lowest BCUT2D eigenvalue weighted by Gasteiger charge is -2.30. The van der Waals surface area contributed by atoms with Crippen LogP contribution in [0.5, 0.6) is 0 Å². The molecule has 1 saturated heterocycles. The van der Waals surface area contributed by atoms with Crippen LogP contribution in [0.4, 0.5) is 0 Å². The quantitative estimate of drug-likeness (QED) is 0.868. The van der Waals surface area contributed by atoms with Gasteiger partial charge in [0.15, 0.2) is 0 Å². The molecule has 0 aromatic carbocycles. The van der Waals surface area contributed by atoms with Gasteiger partial charge in [-0.3, -0.25) is 4.90 Å². The van der Waals surface area contributed by atoms with Gasteiger partial charge in [-0.2, -0.15) is 12.7 Å². The molecule has 1 fully saturated rings. The van der Waals surface area contributed by atoms with Crippen molar-refractivity contribution in [2.75, 3.05) is 33.7 Å². The van der Waals surface area contributed by atoms with Crippen LogP contribution in [0.3, 0.4) is 0 Å². The van der Waals surface area contributed by atoms with Gasteiger partial charge in [-0.25, -0.2) is 4.72 Å². The van der Waals surface area contributed by atoms with Crippen LogP contribution in [0.25, 0.3) is 0 Å². The number of nitrogens with zero attached hydrogens (tertiary/aromatic N) is 2. The second-order valence-corrected chi connectivity index (χ2v) is 8.57. The predicted octanol–water partition coefficient (Wildman–Crippen LogP) is 2.06. The molecule has 1 aliphatic heterocycles. The Morgan fingerprint density at radius 1 is 1.29 bits per heavy atom. The Morgan fingerprint density at radius 2 is 1.95 bits per heavy atom. The van der Waals surface area contributed by atoms with Gasteiger partial charge in [-0.1, -0.05) is 18.9 Å². The van der Waals surface area contributed by atoms with Gasteiger partial charge < -0.3 is 0 Å². The van der Waals surface area contributed by atoms with Crippen molar-refractivity contribution in [2.45, 2.75) is 31.7 Å². The van der Waals surface area contributed by atoms with Crippen LogP contribution in [0.2, 0.25) is 0 Å². The fourth-order valence-corrected chi connectivity index (χ4v) is 4.10. The molecule has 0 aliphatic carbocycles. The Labute approximate surface area is 132 Å². The summed E-state index contributed by atoms with van der Waals surface area (Å²) in [6, 6.07) is 4.27. The van der Waals surface area contributed by atoms with Gasteiger partial charge in [0.2, 0.25) is 0 Å². The SMILES string of the molecule is CN(C)S(=O)(=O)NCC(c1cccs1)N1CCCCCC1. The lowest BCUT2D eigenvalue weighted by Crippen LogP contribution is -2.42. The third-order valence-electron chi connectivity index (χ3n) is 3.89. The smallest absolute Gasteiger partial charge is 0.278 e. The summed E-state index contributed by atoms with van der Waals surface area (Å²) in [7, 11) is -0.271. The number of hydrogen-bond donors (Lipinski definition) is 1. The molecule has 1 aromatic heterocycles. The summed E-state index contributed by atoms with van der Waals surface area (Å²) in [4.78, 5) is 3.66. The van der Waals surface area contributed by atoms with Crippen molar-refractivity contribution < 1.29 is 8.42 Å². The normalized spacial score (nSPS) is 19.6. The Bertz CT molecular complexity index is 506. The Kier molecular flexibility index (Phi) is 6.19. The van der Waals surface area contributed by atoms with Crippen LogP contribution in [0.15, 0.2) is 17.5 Å². The second-order valence-electron chi connectivity index (χ2n) is 5.62. The number of rotatable bonds is 6. The largest absolute Gasteiger partial charge is 0.294 e. The van der Waals surface area contributed by atoms with Crippen molar-refractivity contribution in [2.24, 2.45) is 0 Å². The van der Waals surface area contributed by atoms with E-state index in [1.54, 1.807) is 25.4 Å². The molecule has 5 nitrogen and oxygen atoms in total. The van der Waals surface area contributed by atoms with Gasteiger partial charge >= 0.3 is 0 Å². The van der Waals surface area contributed by atoms with E-state index in [1.165, 1.54) is 34.9 Å². The first kappa shape index (κ1) is 16.9. The topological polar surface area (TPSA) is 52.7 Å². The van der Waals surface area contributed by atoms with Gasteiger partial charge in [0.25, 0.3) is 10.2 Å². The maximum atomic E-state index is 12.0. The van der Waals surface area contributed by atoms with E-state index < -0.39 is 10.2 Å². The number of likely N-dealkylation sites (tertiary alicyclic amines) is 1. The summed E-state index contributed by atoms with van der Waals surface area (Å²) in [6.45, 7) is 2.53. The Balaban J connectivity index is 2.09. The van der Waals surface area contributed by atoms with Crippen LogP contribution in [0, 0.1) is 0 Å². The van der Waals surface area contributed by atoms with Gasteiger partial charge in [-0.05, 0) is 37.4 Å². The van der Waals surface area contributed by atoms with Crippen molar-refractivity contribution in [3.05, 3.63) is 22.4 Å². The first-order valence-corrected chi connectivity index (χ1v) is 9.77. The van der Waals surface area contributed by atoms with Crippen LogP contribution in [-0.2, 0) is 10.2 Å². The highest BCUT2D eigenvalue weighted by molar-refractivity contribution is 7.87. The number of hydrogen-bond acceptors (Lipinski definition) is 4. The Morgan fingerprint density at radius 3 is 2.48 bits per heavy atom. The van der Waals surface area contributed by atoms with E-state index in [0.717, 1.165) is 13.1 Å². The van der Waals surface area contributed by atoms with E-state index >= 15 is 0 Å². The molecule has 2 rings (SSSR count). The molecule has 1 aromatic rings. The molecule has 2 heterocycles. The lowest BCUT2D eigenvalue weighted by atomic mass is 10.2. The molecule has 0 saturated carbocycles. The van der Waals surface area contributed by atoms with Crippen molar-refractivity contribution in [1.29, 1.82) is 0 Å². The summed E-state index contributed by atoms with van der Waals surface area (Å²) in [5, 5.41) is 2.06. The Hall–Kier alpha value is -0.470. The summed E-state index contributed by atoms with van der Waals surface area (Å²) in [5.74, 6) is 0. The standard InChI is InChI=1S/C14H25N3O2S2/c1-16(2)21(18,19)15-12-13(14-8-7-11-20-14)17-9-5-3-4-6-10-17/h7-8,11,13,15H,3-6,9-10,12H2,1-2H3. The van der Waals surface area contributed by atoms with Crippen LogP contribution >= 0.6 is 11.3 Å². The molecule has 0 amide bonds. The molecule has 1 aliphatic rings. The van der Waals surface area contributed by atoms with Gasteiger partial charge in [0.05, 0.1) is 6.04 Å². The van der Waals surface area contributed by atoms with Crippen LogP contribution in [-0.4, -0.2) is 51.4 Å². The van der Waals surface area contributed by atoms with Crippen LogP contribution in [0.1, 0.15) is 36.6 Å². The molecule has 1 atom stereocenters. The molecule has 1 N–H and O–H groups in total. The predicted molar refractivity (Wildman–Crippen MR) is 87.7 cm³/mol. The fraction of sp³-hybridized carbons (Fsp3) is 0.714. The third-order valence-corrected chi connectivity index (χ3v) is 6.36. The zero-order valence-corrected chi connectivity index (χ0v) is 14.4. The van der Waals surface area contributed by atoms with Crippen LogP contribution < -0.4 is 4.72 Å². The van der Waals surface area contributed by atoms with E-state index in [2.05, 4.69) is 21.1 Å². The minimum absolute atomic E-state index is 0.137. The number of nitrogens with one attached hydrogen (secondary N) is 1. The van der Waals surface area contributed by atoms with Crippen molar-refractivity contribution in [3.63, 3.8) is 0 Å². The lowest BCUT2D eigenvalue weighted by molar-refractivity contribution is 0.208.